The van der Waals surface area contributed by atoms with Crippen LogP contribution in [-0.4, -0.2) is 17.7 Å². The van der Waals surface area contributed by atoms with Gasteiger partial charge in [-0.15, -0.1) is 0 Å². The zero-order valence-corrected chi connectivity index (χ0v) is 16.7. The molecule has 26 heavy (non-hydrogen) atoms. The van der Waals surface area contributed by atoms with E-state index in [1.165, 1.54) is 0 Å². The second kappa shape index (κ2) is 7.96. The normalized spacial score (nSPS) is 11.7. The molecule has 2 aromatic rings. The maximum Gasteiger partial charge on any atom is 0.441 e. The Balaban J connectivity index is 2.31. The molecule has 0 saturated heterocycles. The van der Waals surface area contributed by atoms with Crippen LogP contribution in [0.1, 0.15) is 31.9 Å². The third kappa shape index (κ3) is 5.92. The van der Waals surface area contributed by atoms with Crippen molar-refractivity contribution in [1.82, 2.24) is 0 Å². The Hall–Kier alpha value is -2.26. The maximum absolute atomic E-state index is 13.4. The molecule has 6 heteroatoms. The summed E-state index contributed by atoms with van der Waals surface area (Å²) in [6, 6.07) is 14.3. The molecule has 0 saturated carbocycles. The first-order chi connectivity index (χ1) is 12.1. The van der Waals surface area contributed by atoms with Gasteiger partial charge in [0.1, 0.15) is 17.1 Å². The summed E-state index contributed by atoms with van der Waals surface area (Å²) in [6.07, 6.45) is -0.479. The van der Waals surface area contributed by atoms with Crippen LogP contribution in [0.4, 0.5) is 0 Å². The Kier molecular flexibility index (Phi) is 6.14. The van der Waals surface area contributed by atoms with Gasteiger partial charge in [-0.25, -0.2) is 4.57 Å². The molecule has 0 heterocycles. The van der Waals surface area contributed by atoms with Gasteiger partial charge in [0.25, 0.3) is 0 Å². The quantitative estimate of drug-likeness (QED) is 0.506. The average Bonchev–Trinajstić information content (AvgIpc) is 2.50. The predicted molar refractivity (Wildman–Crippen MR) is 102 cm³/mol. The molecular formula is C20H25O5P. The standard InChI is InChI=1S/C20H25O5P/c1-15-10-6-8-12-17(15)24-26(22,14-19(21)23-20(3,4)5)25-18-13-9-7-11-16(18)2/h6-13H,14H2,1-5H3. The first-order valence-electron chi connectivity index (χ1n) is 8.39. The highest BCUT2D eigenvalue weighted by molar-refractivity contribution is 7.55. The van der Waals surface area contributed by atoms with Crippen molar-refractivity contribution in [3.05, 3.63) is 59.7 Å². The molecule has 0 N–H and O–H groups in total. The molecule has 5 nitrogen and oxygen atoms in total. The van der Waals surface area contributed by atoms with E-state index in [1.807, 2.05) is 38.1 Å². The van der Waals surface area contributed by atoms with Crippen LogP contribution in [0.15, 0.2) is 48.5 Å². The molecule has 0 amide bonds. The molecule has 0 atom stereocenters. The number of benzene rings is 2. The molecule has 0 radical (unpaired) electrons. The number of hydrogen-bond acceptors (Lipinski definition) is 5. The minimum Gasteiger partial charge on any atom is -0.459 e. The minimum atomic E-state index is -3.83. The average molecular weight is 376 g/mol. The molecule has 0 aliphatic carbocycles. The molecule has 2 rings (SSSR count). The van der Waals surface area contributed by atoms with Crippen LogP contribution in [0, 0.1) is 13.8 Å². The predicted octanol–water partition coefficient (Wildman–Crippen LogP) is 5.30. The smallest absolute Gasteiger partial charge is 0.441 e. The summed E-state index contributed by atoms with van der Waals surface area (Å²) in [5.74, 6) is 0.184. The van der Waals surface area contributed by atoms with E-state index in [2.05, 4.69) is 0 Å². The van der Waals surface area contributed by atoms with E-state index >= 15 is 0 Å². The summed E-state index contributed by atoms with van der Waals surface area (Å²) in [5.41, 5.74) is 0.906. The van der Waals surface area contributed by atoms with Gasteiger partial charge < -0.3 is 13.8 Å². The van der Waals surface area contributed by atoms with Crippen molar-refractivity contribution < 1.29 is 23.1 Å². The SMILES string of the molecule is Cc1ccccc1OP(=O)(CC(=O)OC(C)(C)C)Oc1ccccc1C. The van der Waals surface area contributed by atoms with Crippen LogP contribution in [0.5, 0.6) is 11.5 Å². The third-order valence-electron chi connectivity index (χ3n) is 3.40. The van der Waals surface area contributed by atoms with Gasteiger partial charge in [0.2, 0.25) is 0 Å². The third-order valence-corrected chi connectivity index (χ3v) is 5.00. The van der Waals surface area contributed by atoms with Gasteiger partial charge in [-0.1, -0.05) is 36.4 Å². The number of para-hydroxylation sites is 2. The Bertz CT molecular complexity index is 771. The molecule has 0 fully saturated rings. The molecule has 0 spiro atoms. The summed E-state index contributed by atoms with van der Waals surface area (Å²) in [5, 5.41) is 0. The summed E-state index contributed by atoms with van der Waals surface area (Å²) in [7, 11) is -3.83. The number of carbonyl (C=O) groups is 1. The lowest BCUT2D eigenvalue weighted by atomic mass is 10.2. The summed E-state index contributed by atoms with van der Waals surface area (Å²) in [4.78, 5) is 12.3. The van der Waals surface area contributed by atoms with Gasteiger partial charge in [-0.05, 0) is 57.9 Å². The Labute approximate surface area is 154 Å². The van der Waals surface area contributed by atoms with Gasteiger partial charge in [0.15, 0.2) is 6.16 Å². The molecule has 0 unspecified atom stereocenters. The van der Waals surface area contributed by atoms with Crippen molar-refractivity contribution in [1.29, 1.82) is 0 Å². The van der Waals surface area contributed by atoms with Gasteiger partial charge in [0, 0.05) is 0 Å². The Morgan fingerprint density at radius 2 is 1.31 bits per heavy atom. The molecule has 0 bridgehead atoms. The van der Waals surface area contributed by atoms with Crippen molar-refractivity contribution >= 4 is 13.6 Å². The summed E-state index contributed by atoms with van der Waals surface area (Å²) < 4.78 is 30.1. The highest BCUT2D eigenvalue weighted by Crippen LogP contribution is 2.49. The van der Waals surface area contributed by atoms with Crippen molar-refractivity contribution in [3.8, 4) is 11.5 Å². The monoisotopic (exact) mass is 376 g/mol. The second-order valence-electron chi connectivity index (χ2n) is 7.07. The fourth-order valence-corrected chi connectivity index (χ4v) is 3.79. The molecule has 140 valence electrons. The largest absolute Gasteiger partial charge is 0.459 e. The number of aryl methyl sites for hydroxylation is 2. The Morgan fingerprint density at radius 1 is 0.885 bits per heavy atom. The van der Waals surface area contributed by atoms with E-state index in [4.69, 9.17) is 13.8 Å². The number of ether oxygens (including phenoxy) is 1. The van der Waals surface area contributed by atoms with E-state index in [-0.39, 0.29) is 0 Å². The van der Waals surface area contributed by atoms with Gasteiger partial charge in [0.05, 0.1) is 0 Å². The van der Waals surface area contributed by atoms with E-state index < -0.39 is 25.3 Å². The fraction of sp³-hybridized carbons (Fsp3) is 0.350. The fourth-order valence-electron chi connectivity index (χ4n) is 2.23. The summed E-state index contributed by atoms with van der Waals surface area (Å²) >= 11 is 0. The first kappa shape index (κ1) is 20.1. The van der Waals surface area contributed by atoms with E-state index in [9.17, 15) is 9.36 Å². The minimum absolute atomic E-state index is 0.410. The maximum atomic E-state index is 13.4. The van der Waals surface area contributed by atoms with E-state index in [0.29, 0.717) is 11.5 Å². The van der Waals surface area contributed by atoms with Crippen molar-refractivity contribution in [2.75, 3.05) is 6.16 Å². The zero-order chi connectivity index (χ0) is 19.4. The topological polar surface area (TPSA) is 61.8 Å². The summed E-state index contributed by atoms with van der Waals surface area (Å²) in [6.45, 7) is 8.92. The van der Waals surface area contributed by atoms with Crippen LogP contribution < -0.4 is 9.05 Å². The van der Waals surface area contributed by atoms with Crippen LogP contribution in [0.25, 0.3) is 0 Å². The number of esters is 1. The van der Waals surface area contributed by atoms with E-state index in [1.54, 1.807) is 45.0 Å². The van der Waals surface area contributed by atoms with Crippen LogP contribution in [0.3, 0.4) is 0 Å². The number of hydrogen-bond donors (Lipinski definition) is 0. The highest BCUT2D eigenvalue weighted by atomic mass is 31.2. The molecule has 0 aromatic heterocycles. The molecular weight excluding hydrogens is 351 g/mol. The Morgan fingerprint density at radius 3 is 1.69 bits per heavy atom. The van der Waals surface area contributed by atoms with Crippen molar-refractivity contribution in [3.63, 3.8) is 0 Å². The van der Waals surface area contributed by atoms with E-state index in [0.717, 1.165) is 11.1 Å². The van der Waals surface area contributed by atoms with Crippen LogP contribution in [0.2, 0.25) is 0 Å². The van der Waals surface area contributed by atoms with Crippen molar-refractivity contribution in [2.24, 2.45) is 0 Å². The van der Waals surface area contributed by atoms with Crippen LogP contribution >= 0.6 is 7.60 Å². The second-order valence-corrected chi connectivity index (χ2v) is 8.97. The molecule has 2 aromatic carbocycles. The van der Waals surface area contributed by atoms with Gasteiger partial charge >= 0.3 is 13.6 Å². The lowest BCUT2D eigenvalue weighted by molar-refractivity contribution is -0.151. The number of carbonyl (C=O) groups excluding carboxylic acids is 1. The lowest BCUT2D eigenvalue weighted by Crippen LogP contribution is -2.27. The van der Waals surface area contributed by atoms with Crippen LogP contribution in [-0.2, 0) is 14.1 Å². The van der Waals surface area contributed by atoms with Gasteiger partial charge in [-0.3, -0.25) is 4.79 Å². The number of rotatable bonds is 6. The first-order valence-corrected chi connectivity index (χ1v) is 10.1. The van der Waals surface area contributed by atoms with Gasteiger partial charge in [-0.2, -0.15) is 0 Å². The lowest BCUT2D eigenvalue weighted by Gasteiger charge is -2.24. The highest BCUT2D eigenvalue weighted by Gasteiger charge is 2.35. The zero-order valence-electron chi connectivity index (χ0n) is 15.8. The van der Waals surface area contributed by atoms with Crippen molar-refractivity contribution in [2.45, 2.75) is 40.2 Å². The molecule has 0 aliphatic rings. The molecule has 0 aliphatic heterocycles.